The first-order chi connectivity index (χ1) is 8.02. The minimum atomic E-state index is -0.862. The second-order valence-electron chi connectivity index (χ2n) is 4.56. The maximum atomic E-state index is 10.7. The lowest BCUT2D eigenvalue weighted by atomic mass is 9.95. The molecule has 2 nitrogen and oxygen atoms in total. The Bertz CT molecular complexity index is 399. The van der Waals surface area contributed by atoms with Crippen molar-refractivity contribution in [3.05, 3.63) is 47.0 Å². The molecule has 1 aromatic rings. The molecule has 1 aromatic carbocycles. The highest BCUT2D eigenvalue weighted by molar-refractivity contribution is 5.80. The topological polar surface area (TPSA) is 37.3 Å². The van der Waals surface area contributed by atoms with Crippen LogP contribution in [0.4, 0.5) is 0 Å². The smallest absolute Gasteiger partial charge is 0.328 e. The van der Waals surface area contributed by atoms with E-state index in [4.69, 9.17) is 5.11 Å². The van der Waals surface area contributed by atoms with Gasteiger partial charge in [-0.25, -0.2) is 4.79 Å². The lowest BCUT2D eigenvalue weighted by molar-refractivity contribution is -0.131. The van der Waals surface area contributed by atoms with Crippen molar-refractivity contribution in [2.24, 2.45) is 5.92 Å². The van der Waals surface area contributed by atoms with E-state index in [1.807, 2.05) is 13.8 Å². The molecule has 0 aromatic heterocycles. The van der Waals surface area contributed by atoms with Gasteiger partial charge in [0.2, 0.25) is 0 Å². The fraction of sp³-hybridized carbons (Fsp3) is 0.400. The average Bonchev–Trinajstić information content (AvgIpc) is 2.28. The SMILES string of the molecule is CCc1ccc(C/C(=C/C(=O)O)C(C)C)cc1. The van der Waals surface area contributed by atoms with Gasteiger partial charge in [-0.15, -0.1) is 0 Å². The lowest BCUT2D eigenvalue weighted by Gasteiger charge is -2.11. The van der Waals surface area contributed by atoms with Gasteiger partial charge in [-0.2, -0.15) is 0 Å². The second-order valence-corrected chi connectivity index (χ2v) is 4.56. The molecule has 92 valence electrons. The summed E-state index contributed by atoms with van der Waals surface area (Å²) in [4.78, 5) is 10.7. The van der Waals surface area contributed by atoms with Crippen molar-refractivity contribution >= 4 is 5.97 Å². The molecular weight excluding hydrogens is 212 g/mol. The first kappa shape index (κ1) is 13.5. The van der Waals surface area contributed by atoms with E-state index in [-0.39, 0.29) is 5.92 Å². The zero-order valence-electron chi connectivity index (χ0n) is 10.7. The maximum absolute atomic E-state index is 10.7. The zero-order valence-corrected chi connectivity index (χ0v) is 10.7. The molecule has 1 N–H and O–H groups in total. The first-order valence-corrected chi connectivity index (χ1v) is 6.04. The highest BCUT2D eigenvalue weighted by Crippen LogP contribution is 2.17. The van der Waals surface area contributed by atoms with E-state index in [1.54, 1.807) is 0 Å². The van der Waals surface area contributed by atoms with Crippen LogP contribution < -0.4 is 0 Å². The van der Waals surface area contributed by atoms with Crippen LogP contribution in [0.2, 0.25) is 0 Å². The number of carboxylic acid groups (broad SMARTS) is 1. The minimum absolute atomic E-state index is 0.261. The van der Waals surface area contributed by atoms with Crippen LogP contribution in [-0.2, 0) is 17.6 Å². The van der Waals surface area contributed by atoms with Crippen LogP contribution in [0.25, 0.3) is 0 Å². The molecule has 0 spiro atoms. The van der Waals surface area contributed by atoms with Gasteiger partial charge in [-0.05, 0) is 29.9 Å². The van der Waals surface area contributed by atoms with E-state index in [2.05, 4.69) is 31.2 Å². The van der Waals surface area contributed by atoms with Gasteiger partial charge in [0.05, 0.1) is 0 Å². The molecule has 0 radical (unpaired) electrons. The fourth-order valence-corrected chi connectivity index (χ4v) is 1.71. The predicted octanol–water partition coefficient (Wildman–Crippen LogP) is 3.46. The van der Waals surface area contributed by atoms with Crippen LogP contribution >= 0.6 is 0 Å². The number of hydrogen-bond acceptors (Lipinski definition) is 1. The Hall–Kier alpha value is -1.57. The molecule has 0 aliphatic carbocycles. The summed E-state index contributed by atoms with van der Waals surface area (Å²) in [5.74, 6) is -0.601. The molecule has 1 rings (SSSR count). The summed E-state index contributed by atoms with van der Waals surface area (Å²) in [5, 5.41) is 8.82. The summed E-state index contributed by atoms with van der Waals surface area (Å²) >= 11 is 0. The molecule has 0 unspecified atom stereocenters. The van der Waals surface area contributed by atoms with Gasteiger partial charge >= 0.3 is 5.97 Å². The van der Waals surface area contributed by atoms with Crippen LogP contribution in [-0.4, -0.2) is 11.1 Å². The third-order valence-corrected chi connectivity index (χ3v) is 2.89. The summed E-state index contributed by atoms with van der Waals surface area (Å²) < 4.78 is 0. The van der Waals surface area contributed by atoms with E-state index in [9.17, 15) is 4.79 Å². The maximum Gasteiger partial charge on any atom is 0.328 e. The number of aryl methyl sites for hydroxylation is 1. The van der Waals surface area contributed by atoms with Crippen LogP contribution in [0, 0.1) is 5.92 Å². The normalized spacial score (nSPS) is 11.9. The molecule has 0 fully saturated rings. The summed E-state index contributed by atoms with van der Waals surface area (Å²) in [6.07, 6.45) is 3.08. The van der Waals surface area contributed by atoms with Gasteiger partial charge < -0.3 is 5.11 Å². The third-order valence-electron chi connectivity index (χ3n) is 2.89. The number of allylic oxidation sites excluding steroid dienone is 1. The van der Waals surface area contributed by atoms with Crippen molar-refractivity contribution in [3.8, 4) is 0 Å². The fourth-order valence-electron chi connectivity index (χ4n) is 1.71. The third kappa shape index (κ3) is 4.43. The van der Waals surface area contributed by atoms with Gasteiger partial charge in [0.15, 0.2) is 0 Å². The molecular formula is C15H20O2. The molecule has 0 aliphatic heterocycles. The largest absolute Gasteiger partial charge is 0.478 e. The Morgan fingerprint density at radius 3 is 2.18 bits per heavy atom. The summed E-state index contributed by atoms with van der Waals surface area (Å²) in [6.45, 7) is 6.17. The number of benzene rings is 1. The van der Waals surface area contributed by atoms with E-state index >= 15 is 0 Å². The Morgan fingerprint density at radius 2 is 1.76 bits per heavy atom. The monoisotopic (exact) mass is 232 g/mol. The summed E-state index contributed by atoms with van der Waals surface area (Å²) in [7, 11) is 0. The van der Waals surface area contributed by atoms with Crippen LogP contribution in [0.3, 0.4) is 0 Å². The van der Waals surface area contributed by atoms with E-state index < -0.39 is 5.97 Å². The first-order valence-electron chi connectivity index (χ1n) is 6.04. The van der Waals surface area contributed by atoms with E-state index in [0.717, 1.165) is 12.0 Å². The quantitative estimate of drug-likeness (QED) is 0.789. The molecule has 0 saturated carbocycles. The highest BCUT2D eigenvalue weighted by Gasteiger charge is 2.07. The number of carbonyl (C=O) groups is 1. The standard InChI is InChI=1S/C15H20O2/c1-4-12-5-7-13(8-6-12)9-14(11(2)3)10-15(16)17/h5-8,10-11H,4,9H2,1-3H3,(H,16,17)/b14-10-. The number of aliphatic carboxylic acids is 1. The molecule has 0 aliphatic rings. The molecule has 2 heteroatoms. The zero-order chi connectivity index (χ0) is 12.8. The summed E-state index contributed by atoms with van der Waals surface area (Å²) in [5.41, 5.74) is 3.44. The van der Waals surface area contributed by atoms with Crippen molar-refractivity contribution in [3.63, 3.8) is 0 Å². The van der Waals surface area contributed by atoms with Crippen LogP contribution in [0.1, 0.15) is 31.9 Å². The Kier molecular flexibility index (Phi) is 4.95. The number of rotatable bonds is 5. The van der Waals surface area contributed by atoms with E-state index in [1.165, 1.54) is 17.2 Å². The minimum Gasteiger partial charge on any atom is -0.478 e. The molecule has 17 heavy (non-hydrogen) atoms. The van der Waals surface area contributed by atoms with Crippen molar-refractivity contribution in [2.75, 3.05) is 0 Å². The molecule has 0 heterocycles. The number of carboxylic acids is 1. The van der Waals surface area contributed by atoms with Crippen LogP contribution in [0.15, 0.2) is 35.9 Å². The Labute approximate surface area is 103 Å². The van der Waals surface area contributed by atoms with Gasteiger partial charge in [0.25, 0.3) is 0 Å². The second kappa shape index (κ2) is 6.24. The molecule has 0 bridgehead atoms. The van der Waals surface area contributed by atoms with Crippen molar-refractivity contribution < 1.29 is 9.90 Å². The lowest BCUT2D eigenvalue weighted by Crippen LogP contribution is -2.02. The van der Waals surface area contributed by atoms with Crippen molar-refractivity contribution in [2.45, 2.75) is 33.6 Å². The Balaban J connectivity index is 2.83. The van der Waals surface area contributed by atoms with Crippen LogP contribution in [0.5, 0.6) is 0 Å². The van der Waals surface area contributed by atoms with Gasteiger partial charge in [-0.3, -0.25) is 0 Å². The van der Waals surface area contributed by atoms with Crippen molar-refractivity contribution in [1.82, 2.24) is 0 Å². The molecule has 0 saturated heterocycles. The molecule has 0 atom stereocenters. The highest BCUT2D eigenvalue weighted by atomic mass is 16.4. The van der Waals surface area contributed by atoms with Gasteiger partial charge in [0, 0.05) is 6.08 Å². The predicted molar refractivity (Wildman–Crippen MR) is 70.1 cm³/mol. The van der Waals surface area contributed by atoms with Gasteiger partial charge in [-0.1, -0.05) is 50.6 Å². The van der Waals surface area contributed by atoms with Crippen molar-refractivity contribution in [1.29, 1.82) is 0 Å². The van der Waals surface area contributed by atoms with E-state index in [0.29, 0.717) is 6.42 Å². The average molecular weight is 232 g/mol. The molecule has 0 amide bonds. The Morgan fingerprint density at radius 1 is 1.24 bits per heavy atom. The summed E-state index contributed by atoms with van der Waals surface area (Å²) in [6, 6.07) is 8.37. The van der Waals surface area contributed by atoms with Gasteiger partial charge in [0.1, 0.15) is 0 Å². The number of hydrogen-bond donors (Lipinski definition) is 1.